The topological polar surface area (TPSA) is 69.6 Å². The Kier molecular flexibility index (Phi) is 7.74. The SMILES string of the molecule is c1ccc(-c2ccc(-c3nc(-c4ccc(-c5ccc(-n6c7ccccc7c7cc8ccccc8cc76)cc5)cc4)nc(-c4ccc5c(c4)oc4cnccc45)n3)cc2)cc1. The van der Waals surface area contributed by atoms with Crippen LogP contribution in [0.5, 0.6) is 0 Å². The zero-order chi connectivity index (χ0) is 39.6. The van der Waals surface area contributed by atoms with Crippen molar-refractivity contribution in [1.29, 1.82) is 0 Å². The Labute approximate surface area is 344 Å². The van der Waals surface area contributed by atoms with Crippen molar-refractivity contribution in [3.05, 3.63) is 200 Å². The summed E-state index contributed by atoms with van der Waals surface area (Å²) in [5.74, 6) is 1.76. The van der Waals surface area contributed by atoms with Crippen molar-refractivity contribution >= 4 is 54.5 Å². The van der Waals surface area contributed by atoms with Crippen molar-refractivity contribution < 1.29 is 4.42 Å². The number of pyridine rings is 1. The summed E-state index contributed by atoms with van der Waals surface area (Å²) in [6.07, 6.45) is 3.53. The number of fused-ring (bicyclic) bond motifs is 7. The molecule has 8 aromatic carbocycles. The van der Waals surface area contributed by atoms with Gasteiger partial charge in [-0.15, -0.1) is 0 Å². The molecular weight excluding hydrogens is 735 g/mol. The van der Waals surface area contributed by atoms with E-state index < -0.39 is 0 Å². The summed E-state index contributed by atoms with van der Waals surface area (Å²) in [6.45, 7) is 0. The van der Waals surface area contributed by atoms with Crippen LogP contribution in [-0.4, -0.2) is 24.5 Å². The highest BCUT2D eigenvalue weighted by atomic mass is 16.3. The molecule has 12 aromatic rings. The maximum absolute atomic E-state index is 6.20. The second kappa shape index (κ2) is 13.7. The lowest BCUT2D eigenvalue weighted by molar-refractivity contribution is 0.667. The molecule has 0 aliphatic heterocycles. The van der Waals surface area contributed by atoms with E-state index in [1.54, 1.807) is 12.4 Å². The zero-order valence-electron chi connectivity index (χ0n) is 32.2. The number of hydrogen-bond donors (Lipinski definition) is 0. The molecule has 4 heterocycles. The molecule has 0 amide bonds. The summed E-state index contributed by atoms with van der Waals surface area (Å²) in [4.78, 5) is 19.4. The van der Waals surface area contributed by atoms with Gasteiger partial charge in [0.15, 0.2) is 23.1 Å². The Balaban J connectivity index is 0.912. The average Bonchev–Trinajstić information content (AvgIpc) is 3.86. The monoisotopic (exact) mass is 767 g/mol. The fourth-order valence-electron chi connectivity index (χ4n) is 8.52. The molecule has 0 saturated carbocycles. The summed E-state index contributed by atoms with van der Waals surface area (Å²) in [5, 5.41) is 7.03. The van der Waals surface area contributed by atoms with Crippen LogP contribution >= 0.6 is 0 Å². The number of benzene rings is 8. The maximum Gasteiger partial charge on any atom is 0.164 e. The Bertz CT molecular complexity index is 3570. The molecule has 0 radical (unpaired) electrons. The van der Waals surface area contributed by atoms with Gasteiger partial charge in [0.05, 0.1) is 17.2 Å². The molecular formula is C54H33N5O. The number of aromatic nitrogens is 5. The van der Waals surface area contributed by atoms with E-state index in [2.05, 4.69) is 173 Å². The van der Waals surface area contributed by atoms with Crippen molar-refractivity contribution in [3.8, 4) is 62.1 Å². The normalized spacial score (nSPS) is 11.7. The van der Waals surface area contributed by atoms with E-state index in [4.69, 9.17) is 19.4 Å². The van der Waals surface area contributed by atoms with Gasteiger partial charge in [-0.05, 0) is 81.6 Å². The molecule has 6 heteroatoms. The standard InChI is InChI=1S/C54H33N5O/c1-2-8-34(9-3-1)35-14-18-38(19-15-35)52-56-53(58-54(57-52)42-24-27-45-46-28-29-55-33-51(46)60-50(45)32-42)39-20-16-36(17-21-39)37-22-25-43(26-23-37)59-48-13-7-6-12-44(48)47-30-40-10-4-5-11-41(40)31-49(47)59/h1-33H. The predicted molar refractivity (Wildman–Crippen MR) is 244 cm³/mol. The molecule has 0 spiro atoms. The molecule has 280 valence electrons. The third kappa shape index (κ3) is 5.73. The number of furan rings is 1. The van der Waals surface area contributed by atoms with Gasteiger partial charge in [0, 0.05) is 50.1 Å². The number of hydrogen-bond acceptors (Lipinski definition) is 5. The summed E-state index contributed by atoms with van der Waals surface area (Å²) in [7, 11) is 0. The smallest absolute Gasteiger partial charge is 0.164 e. The fourth-order valence-corrected chi connectivity index (χ4v) is 8.52. The van der Waals surface area contributed by atoms with Crippen LogP contribution in [0.25, 0.3) is 117 Å². The molecule has 0 bridgehead atoms. The first kappa shape index (κ1) is 33.9. The van der Waals surface area contributed by atoms with Gasteiger partial charge in [-0.3, -0.25) is 4.98 Å². The number of nitrogens with zero attached hydrogens (tertiary/aromatic N) is 5. The maximum atomic E-state index is 6.20. The molecule has 0 saturated heterocycles. The van der Waals surface area contributed by atoms with Gasteiger partial charge in [0.1, 0.15) is 5.58 Å². The Morgan fingerprint density at radius 2 is 0.883 bits per heavy atom. The molecule has 0 unspecified atom stereocenters. The molecule has 4 aromatic heterocycles. The van der Waals surface area contributed by atoms with E-state index in [0.29, 0.717) is 17.5 Å². The predicted octanol–water partition coefficient (Wildman–Crippen LogP) is 13.8. The van der Waals surface area contributed by atoms with Gasteiger partial charge in [-0.25, -0.2) is 15.0 Å². The highest BCUT2D eigenvalue weighted by molar-refractivity contribution is 6.13. The summed E-state index contributed by atoms with van der Waals surface area (Å²) in [5.41, 5.74) is 12.2. The van der Waals surface area contributed by atoms with Gasteiger partial charge in [0.2, 0.25) is 0 Å². The quantitative estimate of drug-likeness (QED) is 0.168. The van der Waals surface area contributed by atoms with E-state index in [0.717, 1.165) is 66.6 Å². The van der Waals surface area contributed by atoms with Crippen molar-refractivity contribution in [1.82, 2.24) is 24.5 Å². The second-order valence-corrected chi connectivity index (χ2v) is 15.1. The minimum atomic E-state index is 0.570. The van der Waals surface area contributed by atoms with E-state index in [-0.39, 0.29) is 0 Å². The lowest BCUT2D eigenvalue weighted by Crippen LogP contribution is -2.00. The second-order valence-electron chi connectivity index (χ2n) is 15.1. The zero-order valence-corrected chi connectivity index (χ0v) is 32.2. The number of rotatable bonds is 6. The first-order valence-electron chi connectivity index (χ1n) is 20.0. The summed E-state index contributed by atoms with van der Waals surface area (Å²) >= 11 is 0. The summed E-state index contributed by atoms with van der Waals surface area (Å²) < 4.78 is 8.57. The van der Waals surface area contributed by atoms with Crippen molar-refractivity contribution in [3.63, 3.8) is 0 Å². The molecule has 60 heavy (non-hydrogen) atoms. The van der Waals surface area contributed by atoms with Crippen LogP contribution in [0.15, 0.2) is 205 Å². The highest BCUT2D eigenvalue weighted by Gasteiger charge is 2.17. The van der Waals surface area contributed by atoms with Gasteiger partial charge < -0.3 is 8.98 Å². The molecule has 0 aliphatic rings. The lowest BCUT2D eigenvalue weighted by Gasteiger charge is -2.11. The number of para-hydroxylation sites is 1. The molecule has 6 nitrogen and oxygen atoms in total. The Morgan fingerprint density at radius 1 is 0.350 bits per heavy atom. The van der Waals surface area contributed by atoms with Crippen LogP contribution < -0.4 is 0 Å². The van der Waals surface area contributed by atoms with Crippen LogP contribution in [0.1, 0.15) is 0 Å². The van der Waals surface area contributed by atoms with Gasteiger partial charge in [-0.1, -0.05) is 140 Å². The first-order chi connectivity index (χ1) is 29.7. The fraction of sp³-hybridized carbons (Fsp3) is 0. The Morgan fingerprint density at radius 3 is 1.58 bits per heavy atom. The van der Waals surface area contributed by atoms with Crippen molar-refractivity contribution in [2.24, 2.45) is 0 Å². The van der Waals surface area contributed by atoms with Crippen LogP contribution in [0, 0.1) is 0 Å². The van der Waals surface area contributed by atoms with Crippen molar-refractivity contribution in [2.75, 3.05) is 0 Å². The molecule has 0 fully saturated rings. The highest BCUT2D eigenvalue weighted by Crippen LogP contribution is 2.37. The molecule has 0 aliphatic carbocycles. The first-order valence-corrected chi connectivity index (χ1v) is 20.0. The largest absolute Gasteiger partial charge is 0.454 e. The van der Waals surface area contributed by atoms with Crippen molar-refractivity contribution in [2.45, 2.75) is 0 Å². The molecule has 0 N–H and O–H groups in total. The van der Waals surface area contributed by atoms with Gasteiger partial charge in [-0.2, -0.15) is 0 Å². The average molecular weight is 768 g/mol. The molecule has 12 rings (SSSR count). The van der Waals surface area contributed by atoms with Crippen LogP contribution in [-0.2, 0) is 0 Å². The van der Waals surface area contributed by atoms with Crippen LogP contribution in [0.3, 0.4) is 0 Å². The molecule has 0 atom stereocenters. The Hall–Kier alpha value is -8.22. The van der Waals surface area contributed by atoms with E-state index in [9.17, 15) is 0 Å². The lowest BCUT2D eigenvalue weighted by atomic mass is 10.0. The third-order valence-corrected chi connectivity index (χ3v) is 11.6. The van der Waals surface area contributed by atoms with Gasteiger partial charge in [0.25, 0.3) is 0 Å². The third-order valence-electron chi connectivity index (χ3n) is 11.6. The van der Waals surface area contributed by atoms with E-state index in [1.807, 2.05) is 24.3 Å². The van der Waals surface area contributed by atoms with E-state index in [1.165, 1.54) is 32.6 Å². The van der Waals surface area contributed by atoms with E-state index >= 15 is 0 Å². The van der Waals surface area contributed by atoms with Crippen LogP contribution in [0.4, 0.5) is 0 Å². The minimum absolute atomic E-state index is 0.570. The minimum Gasteiger partial charge on any atom is -0.454 e. The summed E-state index contributed by atoms with van der Waals surface area (Å²) in [6, 6.07) is 66.0. The van der Waals surface area contributed by atoms with Gasteiger partial charge >= 0.3 is 0 Å². The van der Waals surface area contributed by atoms with Crippen LogP contribution in [0.2, 0.25) is 0 Å².